The van der Waals surface area contributed by atoms with Gasteiger partial charge in [0.15, 0.2) is 0 Å². The van der Waals surface area contributed by atoms with E-state index >= 15 is 0 Å². The van der Waals surface area contributed by atoms with E-state index in [0.29, 0.717) is 0 Å². The van der Waals surface area contributed by atoms with E-state index in [2.05, 4.69) is 0 Å². The molecule has 0 heterocycles. The molecule has 0 fully saturated rings. The normalized spacial score (nSPS) is 10.3. The number of rotatable bonds is 2. The number of hydrogen-bond acceptors (Lipinski definition) is 2. The van der Waals surface area contributed by atoms with Crippen LogP contribution in [0.4, 0.5) is 8.78 Å². The summed E-state index contributed by atoms with van der Waals surface area (Å²) >= 11 is 1.04. The Morgan fingerprint density at radius 3 is 2.21 bits per heavy atom. The first-order valence-electron chi connectivity index (χ1n) is 5.65. The molecule has 0 aliphatic heterocycles. The molecule has 0 atom stereocenters. The van der Waals surface area contributed by atoms with Crippen molar-refractivity contribution in [2.75, 3.05) is 0 Å². The molecule has 0 aromatic heterocycles. The van der Waals surface area contributed by atoms with Crippen molar-refractivity contribution in [2.45, 2.75) is 23.6 Å². The lowest BCUT2D eigenvalue weighted by atomic mass is 10.2. The van der Waals surface area contributed by atoms with Crippen LogP contribution in [0, 0.1) is 36.8 Å². The lowest BCUT2D eigenvalue weighted by molar-refractivity contribution is 0.540. The number of hydrogen-bond donors (Lipinski definition) is 0. The summed E-state index contributed by atoms with van der Waals surface area (Å²) in [5.41, 5.74) is 2.05. The zero-order chi connectivity index (χ0) is 14.0. The number of nitrogens with zero attached hydrogens (tertiary/aromatic N) is 1. The van der Waals surface area contributed by atoms with Crippen molar-refractivity contribution in [3.63, 3.8) is 0 Å². The van der Waals surface area contributed by atoms with Gasteiger partial charge in [0.2, 0.25) is 0 Å². The molecule has 0 amide bonds. The van der Waals surface area contributed by atoms with Gasteiger partial charge in [0, 0.05) is 4.90 Å². The second-order valence-electron chi connectivity index (χ2n) is 4.25. The third-order valence-electron chi connectivity index (χ3n) is 2.67. The van der Waals surface area contributed by atoms with Gasteiger partial charge in [-0.3, -0.25) is 0 Å². The molecule has 2 rings (SSSR count). The molecule has 0 saturated heterocycles. The van der Waals surface area contributed by atoms with Crippen molar-refractivity contribution in [1.29, 1.82) is 5.26 Å². The van der Waals surface area contributed by atoms with E-state index in [4.69, 9.17) is 5.26 Å². The van der Waals surface area contributed by atoms with Crippen molar-refractivity contribution in [2.24, 2.45) is 0 Å². The highest BCUT2D eigenvalue weighted by atomic mass is 32.2. The van der Waals surface area contributed by atoms with E-state index < -0.39 is 11.6 Å². The predicted octanol–water partition coefficient (Wildman–Crippen LogP) is 4.60. The van der Waals surface area contributed by atoms with E-state index in [9.17, 15) is 8.78 Å². The van der Waals surface area contributed by atoms with Gasteiger partial charge in [-0.2, -0.15) is 5.26 Å². The van der Waals surface area contributed by atoms with Gasteiger partial charge in [-0.05, 0) is 37.6 Å². The number of benzene rings is 2. The van der Waals surface area contributed by atoms with Crippen molar-refractivity contribution in [1.82, 2.24) is 0 Å². The Bertz CT molecular complexity index is 651. The predicted molar refractivity (Wildman–Crippen MR) is 71.1 cm³/mol. The van der Waals surface area contributed by atoms with Crippen LogP contribution in [0.25, 0.3) is 0 Å². The molecule has 2 aromatic rings. The van der Waals surface area contributed by atoms with Crippen LogP contribution in [0.1, 0.15) is 16.7 Å². The average molecular weight is 275 g/mol. The first kappa shape index (κ1) is 13.6. The van der Waals surface area contributed by atoms with Gasteiger partial charge < -0.3 is 0 Å². The van der Waals surface area contributed by atoms with Crippen molar-refractivity contribution in [3.8, 4) is 6.07 Å². The molecule has 0 unspecified atom stereocenters. The highest BCUT2D eigenvalue weighted by Crippen LogP contribution is 2.34. The zero-order valence-electron chi connectivity index (χ0n) is 10.5. The Balaban J connectivity index is 2.41. The van der Waals surface area contributed by atoms with Crippen LogP contribution in [0.15, 0.2) is 40.1 Å². The van der Waals surface area contributed by atoms with E-state index in [1.165, 1.54) is 0 Å². The minimum Gasteiger partial charge on any atom is -0.206 e. The molecule has 0 N–H and O–H groups in total. The van der Waals surface area contributed by atoms with Crippen molar-refractivity contribution >= 4 is 11.8 Å². The van der Waals surface area contributed by atoms with Gasteiger partial charge >= 0.3 is 0 Å². The molecule has 0 aliphatic rings. The molecular formula is C15H11F2NS. The van der Waals surface area contributed by atoms with E-state index in [1.54, 1.807) is 6.07 Å². The Labute approximate surface area is 114 Å². The standard InChI is InChI=1S/C15H11F2NS/c1-9-3-4-14(10(2)5-9)19-15-12(16)6-11(8-18)7-13(15)17/h3-7H,1-2H3. The maximum atomic E-state index is 13.8. The topological polar surface area (TPSA) is 23.8 Å². The summed E-state index contributed by atoms with van der Waals surface area (Å²) in [6.45, 7) is 3.86. The minimum absolute atomic E-state index is 0.0139. The summed E-state index contributed by atoms with van der Waals surface area (Å²) in [6, 6.07) is 9.53. The minimum atomic E-state index is -0.707. The average Bonchev–Trinajstić information content (AvgIpc) is 2.35. The summed E-state index contributed by atoms with van der Waals surface area (Å²) in [4.78, 5) is 0.721. The van der Waals surface area contributed by atoms with Gasteiger partial charge in [0.05, 0.1) is 16.5 Å². The third-order valence-corrected chi connectivity index (χ3v) is 3.94. The first-order chi connectivity index (χ1) is 9.01. The fourth-order valence-corrected chi connectivity index (χ4v) is 2.63. The smallest absolute Gasteiger partial charge is 0.141 e. The van der Waals surface area contributed by atoms with E-state index in [1.807, 2.05) is 32.0 Å². The number of halogens is 2. The molecule has 0 radical (unpaired) electrons. The van der Waals surface area contributed by atoms with Crippen LogP contribution in [-0.4, -0.2) is 0 Å². The monoisotopic (exact) mass is 275 g/mol. The molecule has 1 nitrogen and oxygen atoms in total. The summed E-state index contributed by atoms with van der Waals surface area (Å²) in [6.07, 6.45) is 0. The van der Waals surface area contributed by atoms with E-state index in [0.717, 1.165) is 39.9 Å². The highest BCUT2D eigenvalue weighted by Gasteiger charge is 2.13. The number of aryl methyl sites for hydroxylation is 2. The van der Waals surface area contributed by atoms with Crippen molar-refractivity contribution in [3.05, 3.63) is 58.7 Å². The van der Waals surface area contributed by atoms with Gasteiger partial charge in [0.25, 0.3) is 0 Å². The summed E-state index contributed by atoms with van der Waals surface area (Å²) in [7, 11) is 0. The maximum Gasteiger partial charge on any atom is 0.141 e. The molecule has 0 aliphatic carbocycles. The molecule has 0 spiro atoms. The fraction of sp³-hybridized carbons (Fsp3) is 0.133. The fourth-order valence-electron chi connectivity index (χ4n) is 1.75. The second kappa shape index (κ2) is 5.41. The van der Waals surface area contributed by atoms with Crippen LogP contribution in [-0.2, 0) is 0 Å². The Morgan fingerprint density at radius 2 is 1.68 bits per heavy atom. The molecule has 4 heteroatoms. The first-order valence-corrected chi connectivity index (χ1v) is 6.47. The summed E-state index contributed by atoms with van der Waals surface area (Å²) in [5, 5.41) is 8.65. The van der Waals surface area contributed by atoms with Crippen molar-refractivity contribution < 1.29 is 8.78 Å². The Kier molecular flexibility index (Phi) is 3.87. The van der Waals surface area contributed by atoms with Crippen LogP contribution in [0.2, 0.25) is 0 Å². The largest absolute Gasteiger partial charge is 0.206 e. The van der Waals surface area contributed by atoms with Gasteiger partial charge in [-0.1, -0.05) is 29.5 Å². The Morgan fingerprint density at radius 1 is 1.05 bits per heavy atom. The lowest BCUT2D eigenvalue weighted by Crippen LogP contribution is -1.91. The zero-order valence-corrected chi connectivity index (χ0v) is 11.3. The van der Waals surface area contributed by atoms with Crippen LogP contribution in [0.5, 0.6) is 0 Å². The third kappa shape index (κ3) is 2.94. The van der Waals surface area contributed by atoms with E-state index in [-0.39, 0.29) is 10.5 Å². The lowest BCUT2D eigenvalue weighted by Gasteiger charge is -2.08. The molecular weight excluding hydrogens is 264 g/mol. The summed E-state index contributed by atoms with van der Waals surface area (Å²) < 4.78 is 27.6. The van der Waals surface area contributed by atoms with Crippen LogP contribution >= 0.6 is 11.8 Å². The molecule has 2 aromatic carbocycles. The SMILES string of the molecule is Cc1ccc(Sc2c(F)cc(C#N)cc2F)c(C)c1. The quantitative estimate of drug-likeness (QED) is 0.799. The maximum absolute atomic E-state index is 13.8. The van der Waals surface area contributed by atoms with Gasteiger partial charge in [-0.25, -0.2) is 8.78 Å². The van der Waals surface area contributed by atoms with Crippen LogP contribution in [0.3, 0.4) is 0 Å². The second-order valence-corrected chi connectivity index (χ2v) is 5.30. The molecule has 0 saturated carbocycles. The van der Waals surface area contributed by atoms with Gasteiger partial charge in [0.1, 0.15) is 11.6 Å². The number of nitriles is 1. The summed E-state index contributed by atoms with van der Waals surface area (Å²) in [5.74, 6) is -1.41. The Hall–Kier alpha value is -1.86. The highest BCUT2D eigenvalue weighted by molar-refractivity contribution is 7.99. The van der Waals surface area contributed by atoms with Gasteiger partial charge in [-0.15, -0.1) is 0 Å². The molecule has 19 heavy (non-hydrogen) atoms. The molecule has 96 valence electrons. The van der Waals surface area contributed by atoms with Crippen LogP contribution < -0.4 is 0 Å². The molecule has 0 bridgehead atoms.